The van der Waals surface area contributed by atoms with Crippen molar-refractivity contribution in [2.24, 2.45) is 0 Å². The molecule has 6 rings (SSSR count). The summed E-state index contributed by atoms with van der Waals surface area (Å²) in [6.07, 6.45) is -1.25. The third-order valence-corrected chi connectivity index (χ3v) is 9.74. The van der Waals surface area contributed by atoms with Gasteiger partial charge in [0.15, 0.2) is 0 Å². The minimum absolute atomic E-state index is 0.151. The number of halogens is 3. The molecular weight excluding hydrogens is 701 g/mol. The largest absolute Gasteiger partial charge is 0.494 e. The highest BCUT2D eigenvalue weighted by Crippen LogP contribution is 2.39. The number of para-hydroxylation sites is 1. The molecule has 0 bridgehead atoms. The Hall–Kier alpha value is -5.83. The molecular formula is C39H43F3N8O4. The van der Waals surface area contributed by atoms with E-state index in [4.69, 9.17) is 4.74 Å². The Bertz CT molecular complexity index is 1980. The van der Waals surface area contributed by atoms with E-state index in [1.165, 1.54) is 32.4 Å². The first-order chi connectivity index (χ1) is 25.9. The first-order valence-corrected chi connectivity index (χ1v) is 17.7. The van der Waals surface area contributed by atoms with Gasteiger partial charge in [0.25, 0.3) is 5.91 Å². The van der Waals surface area contributed by atoms with Gasteiger partial charge in [0.1, 0.15) is 17.6 Å². The van der Waals surface area contributed by atoms with E-state index in [-0.39, 0.29) is 34.6 Å². The van der Waals surface area contributed by atoms with Gasteiger partial charge in [0, 0.05) is 68.8 Å². The minimum Gasteiger partial charge on any atom is -0.494 e. The van der Waals surface area contributed by atoms with E-state index >= 15 is 0 Å². The molecule has 0 saturated carbocycles. The number of nitrogens with zero attached hydrogens (tertiary/aromatic N) is 3. The van der Waals surface area contributed by atoms with Crippen LogP contribution in [0.15, 0.2) is 79.0 Å². The Balaban J connectivity index is 1.07. The van der Waals surface area contributed by atoms with Crippen LogP contribution in [0.2, 0.25) is 0 Å². The SMILES string of the molecule is CNC(=O)c1ccccc1Nc1cc(Nc2ccc(N3CCC(N(C)Cc4ccc(NC5CCC(=O)NC5=O)cc4)CC3)cc2OC)ncc1C(F)(F)F. The normalized spacial score (nSPS) is 16.5. The molecule has 3 aromatic carbocycles. The smallest absolute Gasteiger partial charge is 0.419 e. The number of amides is 3. The van der Waals surface area contributed by atoms with E-state index in [9.17, 15) is 27.6 Å². The number of ether oxygens (including phenoxy) is 1. The summed E-state index contributed by atoms with van der Waals surface area (Å²) in [5, 5.41) is 14.0. The predicted octanol–water partition coefficient (Wildman–Crippen LogP) is 6.27. The van der Waals surface area contributed by atoms with Crippen LogP contribution in [0.4, 0.5) is 47.4 Å². The first kappa shape index (κ1) is 37.9. The van der Waals surface area contributed by atoms with Gasteiger partial charge >= 0.3 is 6.18 Å². The van der Waals surface area contributed by atoms with Crippen molar-refractivity contribution >= 4 is 52.0 Å². The number of imide groups is 1. The van der Waals surface area contributed by atoms with Crippen molar-refractivity contribution in [1.29, 1.82) is 0 Å². The third kappa shape index (κ3) is 9.02. The number of hydrogen-bond donors (Lipinski definition) is 5. The van der Waals surface area contributed by atoms with E-state index in [1.807, 2.05) is 42.5 Å². The highest BCUT2D eigenvalue weighted by molar-refractivity contribution is 6.01. The fraction of sp³-hybridized carbons (Fsp3) is 0.333. The number of carbonyl (C=O) groups is 3. The van der Waals surface area contributed by atoms with Gasteiger partial charge in [-0.15, -0.1) is 0 Å². The molecule has 15 heteroatoms. The van der Waals surface area contributed by atoms with E-state index in [1.54, 1.807) is 12.1 Å². The number of alkyl halides is 3. The molecule has 54 heavy (non-hydrogen) atoms. The van der Waals surface area contributed by atoms with Crippen LogP contribution in [0.5, 0.6) is 5.75 Å². The number of aromatic nitrogens is 1. The zero-order valence-corrected chi connectivity index (χ0v) is 30.2. The molecule has 2 fully saturated rings. The average molecular weight is 745 g/mol. The lowest BCUT2D eigenvalue weighted by Gasteiger charge is -2.38. The third-order valence-electron chi connectivity index (χ3n) is 9.74. The number of rotatable bonds is 12. The van der Waals surface area contributed by atoms with Crippen LogP contribution in [0.1, 0.15) is 47.2 Å². The lowest BCUT2D eigenvalue weighted by atomic mass is 10.0. The lowest BCUT2D eigenvalue weighted by molar-refractivity contribution is -0.137. The van der Waals surface area contributed by atoms with Crippen LogP contribution in [0.3, 0.4) is 0 Å². The number of carbonyl (C=O) groups excluding carboxylic acids is 3. The van der Waals surface area contributed by atoms with Crippen LogP contribution in [0.25, 0.3) is 0 Å². The van der Waals surface area contributed by atoms with Crippen molar-refractivity contribution in [2.75, 3.05) is 55.1 Å². The number of anilines is 6. The standard InChI is InChI=1S/C39H43F3N8O4/c1-43-37(52)28-6-4-5-7-30(28)46-33-21-35(44-22-29(33)39(40,41)42)47-31-13-12-27(20-34(31)54-3)50-18-16-26(17-19-50)49(2)23-24-8-10-25(11-9-24)45-32-14-15-36(51)48-38(32)53/h4-13,20-22,26,32,45H,14-19,23H2,1-3H3,(H,43,52)(H2,44,46,47)(H,48,51,53). The molecule has 5 N–H and O–H groups in total. The van der Waals surface area contributed by atoms with Crippen molar-refractivity contribution in [3.63, 3.8) is 0 Å². The molecule has 3 amide bonds. The molecule has 2 aliphatic heterocycles. The topological polar surface area (TPSA) is 140 Å². The number of pyridine rings is 1. The molecule has 4 aromatic rings. The van der Waals surface area contributed by atoms with Gasteiger partial charge in [-0.25, -0.2) is 4.98 Å². The van der Waals surface area contributed by atoms with Gasteiger partial charge in [-0.3, -0.25) is 24.6 Å². The molecule has 284 valence electrons. The summed E-state index contributed by atoms with van der Waals surface area (Å²) in [4.78, 5) is 44.6. The van der Waals surface area contributed by atoms with E-state index < -0.39 is 23.7 Å². The van der Waals surface area contributed by atoms with Gasteiger partial charge in [-0.2, -0.15) is 13.2 Å². The maximum absolute atomic E-state index is 14.0. The Labute approximate surface area is 311 Å². The number of hydrogen-bond acceptors (Lipinski definition) is 10. The molecule has 0 spiro atoms. The van der Waals surface area contributed by atoms with Crippen LogP contribution in [-0.2, 0) is 22.3 Å². The fourth-order valence-corrected chi connectivity index (χ4v) is 6.76. The highest BCUT2D eigenvalue weighted by Gasteiger charge is 2.35. The summed E-state index contributed by atoms with van der Waals surface area (Å²) in [6, 6.07) is 21.2. The second-order valence-electron chi connectivity index (χ2n) is 13.4. The van der Waals surface area contributed by atoms with Gasteiger partial charge in [-0.1, -0.05) is 24.3 Å². The van der Waals surface area contributed by atoms with E-state index in [2.05, 4.69) is 48.4 Å². The van der Waals surface area contributed by atoms with Crippen molar-refractivity contribution in [2.45, 2.75) is 50.5 Å². The first-order valence-electron chi connectivity index (χ1n) is 17.7. The van der Waals surface area contributed by atoms with Gasteiger partial charge in [0.2, 0.25) is 11.8 Å². The van der Waals surface area contributed by atoms with Crippen LogP contribution in [0, 0.1) is 0 Å². The van der Waals surface area contributed by atoms with Crippen LogP contribution < -0.4 is 36.2 Å². The average Bonchev–Trinajstić information content (AvgIpc) is 3.16. The summed E-state index contributed by atoms with van der Waals surface area (Å²) in [5.41, 5.74) is 2.64. The van der Waals surface area contributed by atoms with Gasteiger partial charge in [0.05, 0.1) is 35.3 Å². The zero-order chi connectivity index (χ0) is 38.4. The molecule has 1 unspecified atom stereocenters. The number of piperidine rings is 2. The maximum Gasteiger partial charge on any atom is 0.419 e. The Kier molecular flexibility index (Phi) is 11.6. The molecule has 0 aliphatic carbocycles. The molecule has 1 aromatic heterocycles. The van der Waals surface area contributed by atoms with Crippen molar-refractivity contribution in [3.05, 3.63) is 95.7 Å². The quantitative estimate of drug-likeness (QED) is 0.106. The molecule has 1 atom stereocenters. The molecule has 2 aliphatic rings. The molecule has 3 heterocycles. The number of benzene rings is 3. The van der Waals surface area contributed by atoms with E-state index in [0.717, 1.165) is 55.6 Å². The summed E-state index contributed by atoms with van der Waals surface area (Å²) in [6.45, 7) is 2.42. The van der Waals surface area contributed by atoms with Gasteiger partial charge < -0.3 is 30.9 Å². The maximum atomic E-state index is 14.0. The van der Waals surface area contributed by atoms with Crippen molar-refractivity contribution < 1.29 is 32.3 Å². The Morgan fingerprint density at radius 3 is 2.39 bits per heavy atom. The number of methoxy groups -OCH3 is 1. The highest BCUT2D eigenvalue weighted by atomic mass is 19.4. The summed E-state index contributed by atoms with van der Waals surface area (Å²) in [7, 11) is 5.10. The lowest BCUT2D eigenvalue weighted by Crippen LogP contribution is -2.47. The predicted molar refractivity (Wildman–Crippen MR) is 202 cm³/mol. The number of nitrogens with one attached hydrogen (secondary N) is 5. The Morgan fingerprint density at radius 2 is 1.70 bits per heavy atom. The second-order valence-corrected chi connectivity index (χ2v) is 13.4. The van der Waals surface area contributed by atoms with E-state index in [0.29, 0.717) is 30.3 Å². The zero-order valence-electron chi connectivity index (χ0n) is 30.2. The molecule has 0 radical (unpaired) electrons. The van der Waals surface area contributed by atoms with Crippen LogP contribution in [-0.4, -0.2) is 74.0 Å². The summed E-state index contributed by atoms with van der Waals surface area (Å²) < 4.78 is 47.7. The minimum atomic E-state index is -4.69. The summed E-state index contributed by atoms with van der Waals surface area (Å²) in [5.74, 6) is -0.320. The van der Waals surface area contributed by atoms with Crippen molar-refractivity contribution in [1.82, 2.24) is 20.5 Å². The van der Waals surface area contributed by atoms with Crippen LogP contribution >= 0.6 is 0 Å². The Morgan fingerprint density at radius 1 is 0.963 bits per heavy atom. The second kappa shape index (κ2) is 16.5. The van der Waals surface area contributed by atoms with Crippen molar-refractivity contribution in [3.8, 4) is 5.75 Å². The fourth-order valence-electron chi connectivity index (χ4n) is 6.76. The summed E-state index contributed by atoms with van der Waals surface area (Å²) >= 11 is 0. The monoisotopic (exact) mass is 744 g/mol. The molecule has 12 nitrogen and oxygen atoms in total. The van der Waals surface area contributed by atoms with Gasteiger partial charge in [-0.05, 0) is 68.3 Å². The molecule has 2 saturated heterocycles.